The summed E-state index contributed by atoms with van der Waals surface area (Å²) in [5, 5.41) is 13.5. The van der Waals surface area contributed by atoms with E-state index in [0.29, 0.717) is 58.8 Å². The minimum absolute atomic E-state index is 0.0560. The molecular weight excluding hydrogens is 525 g/mol. The van der Waals surface area contributed by atoms with Crippen molar-refractivity contribution in [2.24, 2.45) is 0 Å². The van der Waals surface area contributed by atoms with E-state index in [1.165, 1.54) is 23.1 Å². The van der Waals surface area contributed by atoms with E-state index in [1.54, 1.807) is 4.90 Å². The van der Waals surface area contributed by atoms with Gasteiger partial charge in [0.2, 0.25) is 0 Å². The van der Waals surface area contributed by atoms with Gasteiger partial charge in [-0.05, 0) is 36.8 Å². The van der Waals surface area contributed by atoms with Crippen LogP contribution in [0.15, 0.2) is 53.0 Å². The Balaban J connectivity index is 1.44. The van der Waals surface area contributed by atoms with Crippen LogP contribution in [0.5, 0.6) is 0 Å². The Morgan fingerprint density at radius 2 is 1.94 bits per heavy atom. The number of nitrogens with zero attached hydrogens (tertiary/aromatic N) is 5. The van der Waals surface area contributed by atoms with Crippen LogP contribution in [0, 0.1) is 6.92 Å². The largest absolute Gasteiger partial charge is 0.378 e. The molecular formula is C24H21Cl2N5O2S2. The molecule has 180 valence electrons. The molecule has 1 fully saturated rings. The lowest BCUT2D eigenvalue weighted by atomic mass is 10.1. The van der Waals surface area contributed by atoms with Crippen molar-refractivity contribution in [3.05, 3.63) is 74.2 Å². The van der Waals surface area contributed by atoms with Crippen molar-refractivity contribution in [1.29, 1.82) is 0 Å². The number of hydrogen-bond acceptors (Lipinski definition) is 7. The van der Waals surface area contributed by atoms with E-state index in [4.69, 9.17) is 27.9 Å². The maximum Gasteiger partial charge on any atom is 0.273 e. The Hall–Kier alpha value is -2.43. The zero-order chi connectivity index (χ0) is 24.4. The molecule has 11 heteroatoms. The zero-order valence-electron chi connectivity index (χ0n) is 18.8. The fourth-order valence-corrected chi connectivity index (χ4v) is 5.87. The highest BCUT2D eigenvalue weighted by atomic mass is 35.5. The first-order valence-corrected chi connectivity index (χ1v) is 13.5. The molecule has 35 heavy (non-hydrogen) atoms. The maximum atomic E-state index is 12.7. The Morgan fingerprint density at radius 1 is 1.14 bits per heavy atom. The lowest BCUT2D eigenvalue weighted by Crippen LogP contribution is -2.40. The van der Waals surface area contributed by atoms with Crippen LogP contribution in [0.3, 0.4) is 0 Å². The van der Waals surface area contributed by atoms with Crippen LogP contribution in [0.1, 0.15) is 21.1 Å². The van der Waals surface area contributed by atoms with E-state index < -0.39 is 0 Å². The number of thioether (sulfide) groups is 1. The summed E-state index contributed by atoms with van der Waals surface area (Å²) in [7, 11) is 0. The standard InChI is InChI=1S/C24H21Cl2N5O2S2/c1-15-6-7-16(25)12-20(15)31-22(17-4-2-3-5-18(17)26)28-29-24(31)35-14-21-27-19(13-34-21)23(32)30-8-10-33-11-9-30/h2-7,12-13H,8-11,14H2,1H3. The number of hydrogen-bond donors (Lipinski definition) is 0. The molecule has 0 spiro atoms. The van der Waals surface area contributed by atoms with Crippen LogP contribution in [-0.4, -0.2) is 56.9 Å². The van der Waals surface area contributed by atoms with Crippen molar-refractivity contribution in [2.75, 3.05) is 26.3 Å². The van der Waals surface area contributed by atoms with Gasteiger partial charge in [0.1, 0.15) is 10.7 Å². The summed E-state index contributed by atoms with van der Waals surface area (Å²) < 4.78 is 7.31. The van der Waals surface area contributed by atoms with Crippen molar-refractivity contribution >= 4 is 52.2 Å². The van der Waals surface area contributed by atoms with Crippen LogP contribution in [-0.2, 0) is 10.5 Å². The molecule has 7 nitrogen and oxygen atoms in total. The number of benzene rings is 2. The molecule has 2 aromatic carbocycles. The van der Waals surface area contributed by atoms with Gasteiger partial charge in [0, 0.05) is 29.1 Å². The Morgan fingerprint density at radius 3 is 2.74 bits per heavy atom. The van der Waals surface area contributed by atoms with Crippen molar-refractivity contribution < 1.29 is 9.53 Å². The number of morpholine rings is 1. The Kier molecular flexibility index (Phi) is 7.40. The zero-order valence-corrected chi connectivity index (χ0v) is 21.9. The number of aromatic nitrogens is 4. The molecule has 3 heterocycles. The summed E-state index contributed by atoms with van der Waals surface area (Å²) in [5.74, 6) is 1.12. The van der Waals surface area contributed by atoms with E-state index >= 15 is 0 Å². The molecule has 2 aromatic heterocycles. The number of halogens is 2. The second-order valence-electron chi connectivity index (χ2n) is 7.87. The average Bonchev–Trinajstić information content (AvgIpc) is 3.52. The van der Waals surface area contributed by atoms with Gasteiger partial charge in [-0.3, -0.25) is 9.36 Å². The smallest absolute Gasteiger partial charge is 0.273 e. The molecule has 0 atom stereocenters. The van der Waals surface area contributed by atoms with E-state index in [1.807, 2.05) is 59.3 Å². The van der Waals surface area contributed by atoms with Crippen molar-refractivity contribution in [1.82, 2.24) is 24.6 Å². The SMILES string of the molecule is Cc1ccc(Cl)cc1-n1c(SCc2nc(C(=O)N3CCOCC3)cs2)nnc1-c1ccccc1Cl. The topological polar surface area (TPSA) is 73.1 Å². The third-order valence-corrected chi connectivity index (χ3v) is 8.09. The van der Waals surface area contributed by atoms with Crippen LogP contribution >= 0.6 is 46.3 Å². The molecule has 0 aliphatic carbocycles. The van der Waals surface area contributed by atoms with Gasteiger partial charge in [0.05, 0.1) is 29.7 Å². The molecule has 1 aliphatic heterocycles. The minimum atomic E-state index is -0.0560. The van der Waals surface area contributed by atoms with Gasteiger partial charge in [-0.15, -0.1) is 21.5 Å². The van der Waals surface area contributed by atoms with Crippen molar-refractivity contribution in [3.63, 3.8) is 0 Å². The van der Waals surface area contributed by atoms with Gasteiger partial charge in [-0.1, -0.05) is 53.2 Å². The van der Waals surface area contributed by atoms with Crippen molar-refractivity contribution in [2.45, 2.75) is 17.8 Å². The van der Waals surface area contributed by atoms with E-state index in [0.717, 1.165) is 21.8 Å². The lowest BCUT2D eigenvalue weighted by molar-refractivity contribution is 0.0299. The molecule has 0 saturated carbocycles. The van der Waals surface area contributed by atoms with E-state index in [-0.39, 0.29) is 5.91 Å². The third-order valence-electron chi connectivity index (χ3n) is 5.55. The molecule has 0 N–H and O–H groups in total. The average molecular weight is 547 g/mol. The van der Waals surface area contributed by atoms with Gasteiger partial charge >= 0.3 is 0 Å². The highest BCUT2D eigenvalue weighted by Gasteiger charge is 2.23. The molecule has 0 radical (unpaired) electrons. The van der Waals surface area contributed by atoms with E-state index in [9.17, 15) is 4.79 Å². The number of thiazole rings is 1. The third kappa shape index (κ3) is 5.24. The van der Waals surface area contributed by atoms with Gasteiger partial charge in [-0.2, -0.15) is 0 Å². The summed E-state index contributed by atoms with van der Waals surface area (Å²) in [6, 6.07) is 13.3. The van der Waals surface area contributed by atoms with Gasteiger partial charge in [-0.25, -0.2) is 4.98 Å². The quantitative estimate of drug-likeness (QED) is 0.286. The Bertz CT molecular complexity index is 1370. The second kappa shape index (κ2) is 10.7. The van der Waals surface area contributed by atoms with Crippen LogP contribution in [0.25, 0.3) is 17.1 Å². The second-order valence-corrected chi connectivity index (χ2v) is 10.6. The highest BCUT2D eigenvalue weighted by molar-refractivity contribution is 7.98. The fourth-order valence-electron chi connectivity index (χ4n) is 3.75. The number of amides is 1. The first-order valence-electron chi connectivity index (χ1n) is 10.9. The van der Waals surface area contributed by atoms with Crippen LogP contribution in [0.4, 0.5) is 0 Å². The molecule has 0 bridgehead atoms. The first-order chi connectivity index (χ1) is 17.0. The lowest BCUT2D eigenvalue weighted by Gasteiger charge is -2.25. The molecule has 1 aliphatic rings. The van der Waals surface area contributed by atoms with Crippen LogP contribution < -0.4 is 0 Å². The highest BCUT2D eigenvalue weighted by Crippen LogP contribution is 2.35. The maximum absolute atomic E-state index is 12.7. The molecule has 1 amide bonds. The summed E-state index contributed by atoms with van der Waals surface area (Å²) in [4.78, 5) is 19.1. The monoisotopic (exact) mass is 545 g/mol. The predicted molar refractivity (Wildman–Crippen MR) is 140 cm³/mol. The van der Waals surface area contributed by atoms with Crippen molar-refractivity contribution in [3.8, 4) is 17.1 Å². The fraction of sp³-hybridized carbons (Fsp3) is 0.250. The molecule has 0 unspecified atom stereocenters. The minimum Gasteiger partial charge on any atom is -0.378 e. The van der Waals surface area contributed by atoms with Gasteiger partial charge in [0.15, 0.2) is 11.0 Å². The molecule has 5 rings (SSSR count). The van der Waals surface area contributed by atoms with E-state index in [2.05, 4.69) is 15.2 Å². The number of rotatable bonds is 6. The molecule has 4 aromatic rings. The summed E-state index contributed by atoms with van der Waals surface area (Å²) in [5.41, 5.74) is 3.15. The number of carbonyl (C=O) groups is 1. The normalized spacial score (nSPS) is 13.9. The first kappa shape index (κ1) is 24.3. The van der Waals surface area contributed by atoms with Gasteiger partial charge in [0.25, 0.3) is 5.91 Å². The van der Waals surface area contributed by atoms with Gasteiger partial charge < -0.3 is 9.64 Å². The van der Waals surface area contributed by atoms with Crippen LogP contribution in [0.2, 0.25) is 10.0 Å². The number of aryl methyl sites for hydroxylation is 1. The number of carbonyl (C=O) groups excluding carboxylic acids is 1. The molecule has 1 saturated heterocycles. The predicted octanol–water partition coefficient (Wildman–Crippen LogP) is 5.77. The summed E-state index contributed by atoms with van der Waals surface area (Å²) in [6.07, 6.45) is 0. The number of ether oxygens (including phenoxy) is 1. The summed E-state index contributed by atoms with van der Waals surface area (Å²) >= 11 is 15.8. The Labute approximate surface area is 221 Å². The summed E-state index contributed by atoms with van der Waals surface area (Å²) in [6.45, 7) is 4.32.